The maximum atomic E-state index is 11.1. The van der Waals surface area contributed by atoms with Crippen molar-refractivity contribution in [1.29, 1.82) is 10.5 Å². The Kier molecular flexibility index (Phi) is 5.55. The Morgan fingerprint density at radius 2 is 1.32 bits per heavy atom. The summed E-state index contributed by atoms with van der Waals surface area (Å²) in [6.07, 6.45) is 4.84. The third kappa shape index (κ3) is 3.20. The Balaban J connectivity index is 1.52. The minimum absolute atomic E-state index is 0.473. The van der Waals surface area contributed by atoms with Crippen molar-refractivity contribution in [2.45, 2.75) is 46.0 Å². The minimum Gasteiger partial charge on any atom is -0.367 e. The lowest BCUT2D eigenvalue weighted by Crippen LogP contribution is -2.79. The molecule has 0 radical (unpaired) electrons. The monoisotopic (exact) mass is 508 g/mol. The average molecular weight is 509 g/mol. The predicted octanol–water partition coefficient (Wildman–Crippen LogP) is 5.57. The molecule has 6 nitrogen and oxygen atoms in total. The number of nitriles is 2. The average Bonchev–Trinajstić information content (AvgIpc) is 2.93. The van der Waals surface area contributed by atoms with Gasteiger partial charge in [-0.05, 0) is 51.0 Å². The Morgan fingerprint density at radius 3 is 1.89 bits per heavy atom. The molecule has 37 heavy (non-hydrogen) atoms. The van der Waals surface area contributed by atoms with E-state index in [-0.39, 0.29) is 0 Å². The molecule has 4 aliphatic rings. The summed E-state index contributed by atoms with van der Waals surface area (Å²) in [5, 5.41) is 22.2. The number of benzene rings is 2. The van der Waals surface area contributed by atoms with E-state index >= 15 is 0 Å². The highest BCUT2D eigenvalue weighted by Gasteiger charge is 2.75. The summed E-state index contributed by atoms with van der Waals surface area (Å²) in [6, 6.07) is 22.4. The van der Waals surface area contributed by atoms with Crippen molar-refractivity contribution >= 4 is 34.4 Å². The lowest BCUT2D eigenvalue weighted by Gasteiger charge is -2.68. The van der Waals surface area contributed by atoms with E-state index in [4.69, 9.17) is 17.2 Å². The molecule has 3 aliphatic heterocycles. The molecule has 0 aromatic heterocycles. The van der Waals surface area contributed by atoms with Crippen LogP contribution in [-0.4, -0.2) is 42.2 Å². The number of thiocarbonyl (C=S) groups is 1. The van der Waals surface area contributed by atoms with Gasteiger partial charge in [0.15, 0.2) is 0 Å². The Hall–Kier alpha value is -3.42. The lowest BCUT2D eigenvalue weighted by atomic mass is 9.42. The quantitative estimate of drug-likeness (QED) is 0.494. The fourth-order valence-corrected chi connectivity index (χ4v) is 7.83. The fraction of sp³-hybridized carbons (Fsp3) is 0.467. The largest absolute Gasteiger partial charge is 0.367 e. The molecule has 2 aromatic carbocycles. The van der Waals surface area contributed by atoms with Gasteiger partial charge in [0, 0.05) is 29.9 Å². The lowest BCUT2D eigenvalue weighted by molar-refractivity contribution is -0.0223. The molecule has 2 aromatic rings. The van der Waals surface area contributed by atoms with Gasteiger partial charge in [-0.3, -0.25) is 0 Å². The molecule has 6 rings (SSSR count). The first kappa shape index (κ1) is 23.9. The first-order valence-electron chi connectivity index (χ1n) is 13.2. The summed E-state index contributed by atoms with van der Waals surface area (Å²) in [5.74, 6) is 0.771. The van der Waals surface area contributed by atoms with Crippen LogP contribution in [0.15, 0.2) is 53.5 Å². The zero-order chi connectivity index (χ0) is 25.8. The molecule has 2 saturated heterocycles. The molecule has 1 spiro atoms. The fourth-order valence-electron chi connectivity index (χ4n) is 7.38. The van der Waals surface area contributed by atoms with E-state index in [1.165, 1.54) is 11.1 Å². The van der Waals surface area contributed by atoms with Crippen LogP contribution in [0.5, 0.6) is 0 Å². The van der Waals surface area contributed by atoms with Crippen molar-refractivity contribution in [3.05, 3.63) is 59.7 Å². The summed E-state index contributed by atoms with van der Waals surface area (Å²) in [7, 11) is 0. The van der Waals surface area contributed by atoms with Gasteiger partial charge < -0.3 is 14.7 Å². The van der Waals surface area contributed by atoms with Crippen LogP contribution in [0.1, 0.15) is 43.2 Å². The van der Waals surface area contributed by atoms with Crippen molar-refractivity contribution in [3.63, 3.8) is 0 Å². The molecule has 0 N–H and O–H groups in total. The van der Waals surface area contributed by atoms with Gasteiger partial charge >= 0.3 is 0 Å². The van der Waals surface area contributed by atoms with Crippen LogP contribution in [0.4, 0.5) is 11.4 Å². The number of aryl methyl sites for hydroxylation is 2. The Morgan fingerprint density at radius 1 is 0.784 bits per heavy atom. The molecule has 3 heterocycles. The third-order valence-corrected chi connectivity index (χ3v) is 9.90. The van der Waals surface area contributed by atoms with Gasteiger partial charge in [-0.2, -0.15) is 10.5 Å². The molecule has 1 aliphatic carbocycles. The molecule has 7 heteroatoms. The highest BCUT2D eigenvalue weighted by Crippen LogP contribution is 2.67. The van der Waals surface area contributed by atoms with Gasteiger partial charge in [-0.25, -0.2) is 4.99 Å². The van der Waals surface area contributed by atoms with E-state index in [1.807, 2.05) is 4.90 Å². The summed E-state index contributed by atoms with van der Waals surface area (Å²) in [5.41, 5.74) is 2.10. The molecule has 1 saturated carbocycles. The smallest absolute Gasteiger partial charge is 0.140 e. The second-order valence-corrected chi connectivity index (χ2v) is 11.6. The summed E-state index contributed by atoms with van der Waals surface area (Å²) < 4.78 is 0. The number of aliphatic imine (C=N–C) groups is 1. The maximum Gasteiger partial charge on any atom is 0.140 e. The van der Waals surface area contributed by atoms with E-state index in [1.54, 1.807) is 0 Å². The zero-order valence-electron chi connectivity index (χ0n) is 21.6. The van der Waals surface area contributed by atoms with Gasteiger partial charge in [-0.15, -0.1) is 0 Å². The van der Waals surface area contributed by atoms with Crippen LogP contribution in [-0.2, 0) is 0 Å². The number of rotatable bonds is 2. The predicted molar refractivity (Wildman–Crippen MR) is 150 cm³/mol. The molecular weight excluding hydrogens is 476 g/mol. The number of nitrogens with zero attached hydrogens (tertiary/aromatic N) is 6. The van der Waals surface area contributed by atoms with E-state index in [9.17, 15) is 10.5 Å². The molecule has 3 fully saturated rings. The molecule has 2 atom stereocenters. The zero-order valence-corrected chi connectivity index (χ0v) is 22.4. The number of fused-ring (bicyclic) bond motifs is 2. The maximum absolute atomic E-state index is 11.1. The third-order valence-electron chi connectivity index (χ3n) is 9.33. The first-order valence-corrected chi connectivity index (χ1v) is 13.6. The van der Waals surface area contributed by atoms with Crippen molar-refractivity contribution < 1.29 is 0 Å². The van der Waals surface area contributed by atoms with Crippen LogP contribution < -0.4 is 9.80 Å². The van der Waals surface area contributed by atoms with Gasteiger partial charge in [0.25, 0.3) is 0 Å². The van der Waals surface area contributed by atoms with E-state index in [0.29, 0.717) is 31.4 Å². The van der Waals surface area contributed by atoms with Crippen molar-refractivity contribution in [1.82, 2.24) is 4.90 Å². The van der Waals surface area contributed by atoms with Crippen molar-refractivity contribution in [2.24, 2.45) is 21.2 Å². The summed E-state index contributed by atoms with van der Waals surface area (Å²) >= 11 is 6.28. The molecule has 0 unspecified atom stereocenters. The van der Waals surface area contributed by atoms with Crippen LogP contribution in [0, 0.1) is 52.8 Å². The van der Waals surface area contributed by atoms with E-state index in [0.717, 1.165) is 49.3 Å². The van der Waals surface area contributed by atoms with Gasteiger partial charge in [0.1, 0.15) is 28.3 Å². The highest BCUT2D eigenvalue weighted by atomic mass is 32.1. The second kappa shape index (κ2) is 8.57. The molecule has 0 amide bonds. The number of piperidine rings is 2. The number of amidine groups is 1. The van der Waals surface area contributed by atoms with E-state index in [2.05, 4.69) is 84.3 Å². The van der Waals surface area contributed by atoms with Crippen molar-refractivity contribution in [2.75, 3.05) is 36.2 Å². The molecular formula is C30H32N6S. The SMILES string of the molecule is Cc1ccc(N2CN=C3N(C2)C(=S)[C@@]2(C#N)CN(c4ccc(C)cc4)C[C@@]3(C#N)C23CCCCC3)cc1. The van der Waals surface area contributed by atoms with Crippen molar-refractivity contribution in [3.8, 4) is 12.1 Å². The van der Waals surface area contributed by atoms with E-state index < -0.39 is 16.2 Å². The van der Waals surface area contributed by atoms with Gasteiger partial charge in [-0.1, -0.05) is 66.9 Å². The minimum atomic E-state index is -0.947. The first-order chi connectivity index (χ1) is 17.9. The topological polar surface area (TPSA) is 69.7 Å². The van der Waals surface area contributed by atoms with Crippen LogP contribution in [0.25, 0.3) is 0 Å². The Bertz CT molecular complexity index is 1340. The van der Waals surface area contributed by atoms with Crippen LogP contribution >= 0.6 is 12.2 Å². The molecule has 188 valence electrons. The highest BCUT2D eigenvalue weighted by molar-refractivity contribution is 7.80. The van der Waals surface area contributed by atoms with Gasteiger partial charge in [0.05, 0.1) is 18.8 Å². The number of hydrogen-bond donors (Lipinski definition) is 0. The normalized spacial score (nSPS) is 28.3. The Labute approximate surface area is 224 Å². The second-order valence-electron chi connectivity index (χ2n) is 11.2. The summed E-state index contributed by atoms with van der Waals surface area (Å²) in [6.45, 7) is 6.16. The number of hydrogen-bond acceptors (Lipinski definition) is 6. The van der Waals surface area contributed by atoms with Crippen LogP contribution in [0.3, 0.4) is 0 Å². The standard InChI is InChI=1S/C30H32N6S/c1-22-6-10-24(11-7-22)34-18-28(16-31)26-33-20-35(25-12-8-23(2)9-13-25)21-36(26)27(37)29(17-32,19-34)30(28)14-4-3-5-15-30/h6-13H,3-5,14-15,18-21H2,1-2H3/t28-,29-/m1/s1. The molecule has 2 bridgehead atoms. The summed E-state index contributed by atoms with van der Waals surface area (Å²) in [4.78, 5) is 12.2. The van der Waals surface area contributed by atoms with Crippen LogP contribution in [0.2, 0.25) is 0 Å². The van der Waals surface area contributed by atoms with Gasteiger partial charge in [0.2, 0.25) is 0 Å². The number of anilines is 2.